The number of methoxy groups -OCH3 is 1. The maximum absolute atomic E-state index is 9.35. The van der Waals surface area contributed by atoms with E-state index in [-0.39, 0.29) is 6.61 Å². The van der Waals surface area contributed by atoms with Gasteiger partial charge >= 0.3 is 0 Å². The van der Waals surface area contributed by atoms with Crippen LogP contribution in [0.4, 0.5) is 0 Å². The van der Waals surface area contributed by atoms with Gasteiger partial charge in [-0.2, -0.15) is 0 Å². The summed E-state index contributed by atoms with van der Waals surface area (Å²) in [7, 11) is 1.65. The van der Waals surface area contributed by atoms with E-state index in [9.17, 15) is 5.11 Å². The minimum Gasteiger partial charge on any atom is -0.497 e. The molecule has 19 heavy (non-hydrogen) atoms. The zero-order chi connectivity index (χ0) is 13.5. The molecule has 1 aliphatic rings. The lowest BCUT2D eigenvalue weighted by atomic mass is 10.0. The SMILES string of the molecule is COc1cccc(OCCN2CCCC[C@H]2CO)c1. The van der Waals surface area contributed by atoms with Crippen molar-refractivity contribution in [2.24, 2.45) is 0 Å². The zero-order valence-corrected chi connectivity index (χ0v) is 11.5. The molecule has 1 aromatic rings. The minimum absolute atomic E-state index is 0.249. The lowest BCUT2D eigenvalue weighted by Crippen LogP contribution is -2.43. The van der Waals surface area contributed by atoms with Gasteiger partial charge in [-0.25, -0.2) is 0 Å². The number of likely N-dealkylation sites (tertiary alicyclic amines) is 1. The molecule has 0 saturated carbocycles. The second-order valence-electron chi connectivity index (χ2n) is 4.90. The van der Waals surface area contributed by atoms with E-state index in [4.69, 9.17) is 9.47 Å². The van der Waals surface area contributed by atoms with Crippen molar-refractivity contribution in [2.45, 2.75) is 25.3 Å². The number of aliphatic hydroxyl groups is 1. The molecule has 2 rings (SSSR count). The summed E-state index contributed by atoms with van der Waals surface area (Å²) in [6, 6.07) is 7.95. The van der Waals surface area contributed by atoms with Crippen molar-refractivity contribution in [3.8, 4) is 11.5 Å². The van der Waals surface area contributed by atoms with Crippen molar-refractivity contribution >= 4 is 0 Å². The molecule has 1 heterocycles. The average Bonchev–Trinajstić information content (AvgIpc) is 2.48. The quantitative estimate of drug-likeness (QED) is 0.853. The maximum Gasteiger partial charge on any atom is 0.123 e. The number of benzene rings is 1. The molecule has 0 amide bonds. The first kappa shape index (κ1) is 14.2. The fourth-order valence-corrected chi connectivity index (χ4v) is 2.53. The molecule has 1 N–H and O–H groups in total. The zero-order valence-electron chi connectivity index (χ0n) is 11.5. The molecule has 1 aliphatic heterocycles. The van der Waals surface area contributed by atoms with E-state index in [1.807, 2.05) is 24.3 Å². The number of hydrogen-bond acceptors (Lipinski definition) is 4. The highest BCUT2D eigenvalue weighted by molar-refractivity contribution is 5.32. The number of piperidine rings is 1. The van der Waals surface area contributed by atoms with Gasteiger partial charge in [-0.1, -0.05) is 12.5 Å². The highest BCUT2D eigenvalue weighted by Crippen LogP contribution is 2.19. The Kier molecular flexibility index (Phi) is 5.48. The number of rotatable bonds is 6. The molecule has 1 saturated heterocycles. The van der Waals surface area contributed by atoms with Gasteiger partial charge in [0.15, 0.2) is 0 Å². The highest BCUT2D eigenvalue weighted by atomic mass is 16.5. The third-order valence-corrected chi connectivity index (χ3v) is 3.65. The second kappa shape index (κ2) is 7.36. The van der Waals surface area contributed by atoms with E-state index >= 15 is 0 Å². The van der Waals surface area contributed by atoms with Crippen LogP contribution in [0.15, 0.2) is 24.3 Å². The highest BCUT2D eigenvalue weighted by Gasteiger charge is 2.20. The van der Waals surface area contributed by atoms with Crippen LogP contribution in [0.25, 0.3) is 0 Å². The molecule has 0 spiro atoms. The molecule has 0 unspecified atom stereocenters. The Bertz CT molecular complexity index is 383. The Balaban J connectivity index is 1.78. The van der Waals surface area contributed by atoms with E-state index in [1.54, 1.807) is 7.11 Å². The van der Waals surface area contributed by atoms with Crippen molar-refractivity contribution in [1.29, 1.82) is 0 Å². The normalized spacial score (nSPS) is 20.2. The largest absolute Gasteiger partial charge is 0.497 e. The Morgan fingerprint density at radius 3 is 2.95 bits per heavy atom. The molecule has 0 bridgehead atoms. The monoisotopic (exact) mass is 265 g/mol. The lowest BCUT2D eigenvalue weighted by Gasteiger charge is -2.34. The predicted octanol–water partition coefficient (Wildman–Crippen LogP) is 1.92. The molecule has 0 radical (unpaired) electrons. The average molecular weight is 265 g/mol. The summed E-state index contributed by atoms with van der Waals surface area (Å²) in [5, 5.41) is 9.35. The van der Waals surface area contributed by atoms with Crippen molar-refractivity contribution in [3.05, 3.63) is 24.3 Å². The van der Waals surface area contributed by atoms with Gasteiger partial charge in [-0.15, -0.1) is 0 Å². The Morgan fingerprint density at radius 2 is 2.16 bits per heavy atom. The van der Waals surface area contributed by atoms with Crippen LogP contribution in [0.2, 0.25) is 0 Å². The fraction of sp³-hybridized carbons (Fsp3) is 0.600. The predicted molar refractivity (Wildman–Crippen MR) is 74.8 cm³/mol. The Labute approximate surface area is 114 Å². The molecule has 1 fully saturated rings. The molecule has 4 heteroatoms. The van der Waals surface area contributed by atoms with Crippen LogP contribution in [0.5, 0.6) is 11.5 Å². The first-order valence-corrected chi connectivity index (χ1v) is 6.95. The minimum atomic E-state index is 0.249. The van der Waals surface area contributed by atoms with Crippen LogP contribution in [0.1, 0.15) is 19.3 Å². The summed E-state index contributed by atoms with van der Waals surface area (Å²) >= 11 is 0. The summed E-state index contributed by atoms with van der Waals surface area (Å²) < 4.78 is 10.9. The van der Waals surface area contributed by atoms with Crippen molar-refractivity contribution in [1.82, 2.24) is 4.90 Å². The molecular weight excluding hydrogens is 242 g/mol. The van der Waals surface area contributed by atoms with Crippen molar-refractivity contribution in [3.63, 3.8) is 0 Å². The van der Waals surface area contributed by atoms with E-state index in [2.05, 4.69) is 4.90 Å². The van der Waals surface area contributed by atoms with Gasteiger partial charge in [0.2, 0.25) is 0 Å². The number of aliphatic hydroxyl groups excluding tert-OH is 1. The standard InChI is InChI=1S/C15H23NO3/c1-18-14-6-4-7-15(11-14)19-10-9-16-8-3-2-5-13(16)12-17/h4,6-7,11,13,17H,2-3,5,8-10,12H2,1H3/t13-/m0/s1. The smallest absolute Gasteiger partial charge is 0.123 e. The summed E-state index contributed by atoms with van der Waals surface area (Å²) in [5.41, 5.74) is 0. The number of nitrogens with zero attached hydrogens (tertiary/aromatic N) is 1. The lowest BCUT2D eigenvalue weighted by molar-refractivity contribution is 0.0773. The van der Waals surface area contributed by atoms with E-state index in [0.717, 1.165) is 31.0 Å². The van der Waals surface area contributed by atoms with Crippen LogP contribution in [0, 0.1) is 0 Å². The van der Waals surface area contributed by atoms with Crippen molar-refractivity contribution < 1.29 is 14.6 Å². The third-order valence-electron chi connectivity index (χ3n) is 3.65. The van der Waals surface area contributed by atoms with Crippen LogP contribution in [0.3, 0.4) is 0 Å². The maximum atomic E-state index is 9.35. The number of hydrogen-bond donors (Lipinski definition) is 1. The summed E-state index contributed by atoms with van der Waals surface area (Å²) in [4.78, 5) is 2.32. The number of ether oxygens (including phenoxy) is 2. The van der Waals surface area contributed by atoms with E-state index < -0.39 is 0 Å². The molecule has 1 atom stereocenters. The van der Waals surface area contributed by atoms with Crippen LogP contribution in [-0.4, -0.2) is 49.5 Å². The van der Waals surface area contributed by atoms with Gasteiger partial charge in [-0.05, 0) is 31.5 Å². The second-order valence-corrected chi connectivity index (χ2v) is 4.90. The van der Waals surface area contributed by atoms with E-state index in [1.165, 1.54) is 12.8 Å². The first-order valence-electron chi connectivity index (χ1n) is 6.95. The van der Waals surface area contributed by atoms with E-state index in [0.29, 0.717) is 12.6 Å². The summed E-state index contributed by atoms with van der Waals surface area (Å²) in [6.07, 6.45) is 3.53. The molecule has 0 aliphatic carbocycles. The van der Waals surface area contributed by atoms with Crippen LogP contribution in [-0.2, 0) is 0 Å². The van der Waals surface area contributed by atoms with Crippen molar-refractivity contribution in [2.75, 3.05) is 33.4 Å². The summed E-state index contributed by atoms with van der Waals surface area (Å²) in [5.74, 6) is 1.64. The van der Waals surface area contributed by atoms with Gasteiger partial charge in [0.25, 0.3) is 0 Å². The van der Waals surface area contributed by atoms with Gasteiger partial charge in [0, 0.05) is 18.7 Å². The fourth-order valence-electron chi connectivity index (χ4n) is 2.53. The van der Waals surface area contributed by atoms with Crippen LogP contribution >= 0.6 is 0 Å². The van der Waals surface area contributed by atoms with Gasteiger partial charge < -0.3 is 14.6 Å². The molecule has 1 aromatic carbocycles. The van der Waals surface area contributed by atoms with Gasteiger partial charge in [-0.3, -0.25) is 4.90 Å². The molecule has 106 valence electrons. The van der Waals surface area contributed by atoms with Crippen LogP contribution < -0.4 is 9.47 Å². The van der Waals surface area contributed by atoms with Gasteiger partial charge in [0.05, 0.1) is 13.7 Å². The molecule has 0 aromatic heterocycles. The Morgan fingerprint density at radius 1 is 1.32 bits per heavy atom. The Hall–Kier alpha value is -1.26. The first-order chi connectivity index (χ1) is 9.33. The molecule has 4 nitrogen and oxygen atoms in total. The topological polar surface area (TPSA) is 41.9 Å². The molecular formula is C15H23NO3. The van der Waals surface area contributed by atoms with Gasteiger partial charge in [0.1, 0.15) is 18.1 Å². The third kappa shape index (κ3) is 4.11. The summed E-state index contributed by atoms with van der Waals surface area (Å²) in [6.45, 7) is 2.82.